The summed E-state index contributed by atoms with van der Waals surface area (Å²) >= 11 is 0. The number of nitrogens with two attached hydrogens (primary N) is 1. The van der Waals surface area contributed by atoms with E-state index in [0.717, 1.165) is 24.2 Å². The standard InChI is InChI=1S/C19H32N2O2/c1-15-9-10-16(2)17(12-15)23-11-7-6-8-18(22)21(5)14-19(3,4)13-20/h9-10,12H,6-8,11,13-14,20H2,1-5H3. The van der Waals surface area contributed by atoms with E-state index in [0.29, 0.717) is 26.1 Å². The van der Waals surface area contributed by atoms with Gasteiger partial charge in [0.1, 0.15) is 5.75 Å². The Labute approximate surface area is 141 Å². The fourth-order valence-electron chi connectivity index (χ4n) is 2.41. The van der Waals surface area contributed by atoms with E-state index in [1.807, 2.05) is 14.0 Å². The molecule has 0 aliphatic heterocycles. The normalized spacial score (nSPS) is 11.4. The lowest BCUT2D eigenvalue weighted by molar-refractivity contribution is -0.131. The largest absolute Gasteiger partial charge is 0.493 e. The average Bonchev–Trinajstić information content (AvgIpc) is 2.49. The van der Waals surface area contributed by atoms with E-state index >= 15 is 0 Å². The molecule has 23 heavy (non-hydrogen) atoms. The van der Waals surface area contributed by atoms with Crippen LogP contribution in [0, 0.1) is 19.3 Å². The third kappa shape index (κ3) is 7.04. The summed E-state index contributed by atoms with van der Waals surface area (Å²) in [5, 5.41) is 0. The number of carbonyl (C=O) groups excluding carboxylic acids is 1. The zero-order valence-electron chi connectivity index (χ0n) is 15.3. The molecule has 1 aromatic carbocycles. The topological polar surface area (TPSA) is 55.6 Å². The van der Waals surface area contributed by atoms with Crippen LogP contribution in [-0.4, -0.2) is 37.6 Å². The lowest BCUT2D eigenvalue weighted by atomic mass is 9.93. The molecule has 0 aliphatic carbocycles. The summed E-state index contributed by atoms with van der Waals surface area (Å²) in [5.74, 6) is 1.12. The number of hydrogen-bond donors (Lipinski definition) is 1. The summed E-state index contributed by atoms with van der Waals surface area (Å²) < 4.78 is 5.82. The first-order valence-corrected chi connectivity index (χ1v) is 8.39. The Kier molecular flexibility index (Phi) is 7.56. The number of carbonyl (C=O) groups is 1. The molecule has 0 spiro atoms. The Balaban J connectivity index is 2.26. The van der Waals surface area contributed by atoms with Crippen LogP contribution in [0.3, 0.4) is 0 Å². The van der Waals surface area contributed by atoms with E-state index in [-0.39, 0.29) is 11.3 Å². The predicted octanol–water partition coefficient (Wildman–Crippen LogP) is 3.30. The molecule has 4 heteroatoms. The van der Waals surface area contributed by atoms with Gasteiger partial charge >= 0.3 is 0 Å². The average molecular weight is 320 g/mol. The van der Waals surface area contributed by atoms with Crippen molar-refractivity contribution in [1.82, 2.24) is 4.90 Å². The molecule has 0 fully saturated rings. The highest BCUT2D eigenvalue weighted by Gasteiger charge is 2.20. The van der Waals surface area contributed by atoms with Crippen molar-refractivity contribution in [2.75, 3.05) is 26.7 Å². The molecular weight excluding hydrogens is 288 g/mol. The van der Waals surface area contributed by atoms with Crippen molar-refractivity contribution in [3.05, 3.63) is 29.3 Å². The Hall–Kier alpha value is -1.55. The molecule has 0 aliphatic rings. The molecule has 1 aromatic rings. The van der Waals surface area contributed by atoms with Crippen LogP contribution >= 0.6 is 0 Å². The van der Waals surface area contributed by atoms with Gasteiger partial charge in [-0.3, -0.25) is 4.79 Å². The molecular formula is C19H32N2O2. The van der Waals surface area contributed by atoms with Gasteiger partial charge in [0.05, 0.1) is 6.61 Å². The van der Waals surface area contributed by atoms with Crippen molar-refractivity contribution >= 4 is 5.91 Å². The number of hydrogen-bond acceptors (Lipinski definition) is 3. The van der Waals surface area contributed by atoms with E-state index < -0.39 is 0 Å². The molecule has 0 heterocycles. The third-order valence-corrected chi connectivity index (χ3v) is 4.03. The molecule has 0 saturated carbocycles. The molecule has 0 radical (unpaired) electrons. The molecule has 2 N–H and O–H groups in total. The van der Waals surface area contributed by atoms with Gasteiger partial charge in [-0.15, -0.1) is 0 Å². The molecule has 0 unspecified atom stereocenters. The SMILES string of the molecule is Cc1ccc(C)c(OCCCCC(=O)N(C)CC(C)(C)CN)c1. The Morgan fingerprint density at radius 1 is 1.26 bits per heavy atom. The van der Waals surface area contributed by atoms with Gasteiger partial charge in [0, 0.05) is 20.0 Å². The lowest BCUT2D eigenvalue weighted by Crippen LogP contribution is -2.39. The van der Waals surface area contributed by atoms with Crippen LogP contribution in [-0.2, 0) is 4.79 Å². The molecule has 0 atom stereocenters. The van der Waals surface area contributed by atoms with Crippen LogP contribution < -0.4 is 10.5 Å². The smallest absolute Gasteiger partial charge is 0.222 e. The third-order valence-electron chi connectivity index (χ3n) is 4.03. The minimum atomic E-state index is -0.0315. The Bertz CT molecular complexity index is 512. The van der Waals surface area contributed by atoms with Crippen LogP contribution in [0.25, 0.3) is 0 Å². The van der Waals surface area contributed by atoms with Gasteiger partial charge in [0.15, 0.2) is 0 Å². The monoisotopic (exact) mass is 320 g/mol. The van der Waals surface area contributed by atoms with Crippen molar-refractivity contribution in [2.24, 2.45) is 11.1 Å². The number of benzene rings is 1. The van der Waals surface area contributed by atoms with Crippen LogP contribution in [0.1, 0.15) is 44.2 Å². The number of ether oxygens (including phenoxy) is 1. The summed E-state index contributed by atoms with van der Waals surface area (Å²) in [6, 6.07) is 6.21. The van der Waals surface area contributed by atoms with Gasteiger partial charge in [-0.05, 0) is 55.8 Å². The summed E-state index contributed by atoms with van der Waals surface area (Å²) in [5.41, 5.74) is 8.03. The minimum Gasteiger partial charge on any atom is -0.493 e. The highest BCUT2D eigenvalue weighted by atomic mass is 16.5. The van der Waals surface area contributed by atoms with E-state index in [1.165, 1.54) is 5.56 Å². The second kappa shape index (κ2) is 8.92. The molecule has 130 valence electrons. The number of aryl methyl sites for hydroxylation is 2. The van der Waals surface area contributed by atoms with Crippen LogP contribution in [0.4, 0.5) is 0 Å². The quantitative estimate of drug-likeness (QED) is 0.710. The number of rotatable bonds is 9. The molecule has 0 saturated heterocycles. The van der Waals surface area contributed by atoms with Gasteiger partial charge in [-0.2, -0.15) is 0 Å². The van der Waals surface area contributed by atoms with Crippen molar-refractivity contribution in [3.63, 3.8) is 0 Å². The van der Waals surface area contributed by atoms with Crippen LogP contribution in [0.15, 0.2) is 18.2 Å². The van der Waals surface area contributed by atoms with Gasteiger partial charge < -0.3 is 15.4 Å². The van der Waals surface area contributed by atoms with Crippen LogP contribution in [0.5, 0.6) is 5.75 Å². The molecule has 0 bridgehead atoms. The summed E-state index contributed by atoms with van der Waals surface area (Å²) in [6.45, 7) is 10.2. The Morgan fingerprint density at radius 2 is 1.96 bits per heavy atom. The zero-order valence-corrected chi connectivity index (χ0v) is 15.3. The fourth-order valence-corrected chi connectivity index (χ4v) is 2.41. The molecule has 1 amide bonds. The summed E-state index contributed by atoms with van der Waals surface area (Å²) in [4.78, 5) is 13.9. The van der Waals surface area contributed by atoms with Gasteiger partial charge in [-0.25, -0.2) is 0 Å². The first kappa shape index (κ1) is 19.5. The maximum Gasteiger partial charge on any atom is 0.222 e. The molecule has 0 aromatic heterocycles. The van der Waals surface area contributed by atoms with Crippen molar-refractivity contribution < 1.29 is 9.53 Å². The van der Waals surface area contributed by atoms with Gasteiger partial charge in [0.25, 0.3) is 0 Å². The number of amides is 1. The second-order valence-electron chi connectivity index (χ2n) is 7.19. The second-order valence-corrected chi connectivity index (χ2v) is 7.19. The first-order valence-electron chi connectivity index (χ1n) is 8.39. The Morgan fingerprint density at radius 3 is 2.61 bits per heavy atom. The maximum absolute atomic E-state index is 12.1. The van der Waals surface area contributed by atoms with Crippen molar-refractivity contribution in [1.29, 1.82) is 0 Å². The fraction of sp³-hybridized carbons (Fsp3) is 0.632. The summed E-state index contributed by atoms with van der Waals surface area (Å²) in [6.07, 6.45) is 2.29. The highest BCUT2D eigenvalue weighted by molar-refractivity contribution is 5.75. The van der Waals surface area contributed by atoms with Crippen LogP contribution in [0.2, 0.25) is 0 Å². The minimum absolute atomic E-state index is 0.0315. The zero-order chi connectivity index (χ0) is 17.5. The maximum atomic E-state index is 12.1. The predicted molar refractivity (Wildman–Crippen MR) is 95.7 cm³/mol. The van der Waals surface area contributed by atoms with Crippen molar-refractivity contribution in [2.45, 2.75) is 47.0 Å². The van der Waals surface area contributed by atoms with E-state index in [2.05, 4.69) is 39.0 Å². The van der Waals surface area contributed by atoms with Crippen molar-refractivity contribution in [3.8, 4) is 5.75 Å². The summed E-state index contributed by atoms with van der Waals surface area (Å²) in [7, 11) is 1.85. The van der Waals surface area contributed by atoms with Gasteiger partial charge in [0.2, 0.25) is 5.91 Å². The number of unbranched alkanes of at least 4 members (excludes halogenated alkanes) is 1. The molecule has 4 nitrogen and oxygen atoms in total. The van der Waals surface area contributed by atoms with E-state index in [1.54, 1.807) is 4.90 Å². The van der Waals surface area contributed by atoms with Gasteiger partial charge in [-0.1, -0.05) is 26.0 Å². The molecule has 1 rings (SSSR count). The lowest BCUT2D eigenvalue weighted by Gasteiger charge is -2.29. The number of nitrogens with zero attached hydrogens (tertiary/aromatic N) is 1. The van der Waals surface area contributed by atoms with E-state index in [9.17, 15) is 4.79 Å². The van der Waals surface area contributed by atoms with E-state index in [4.69, 9.17) is 10.5 Å². The highest BCUT2D eigenvalue weighted by Crippen LogP contribution is 2.19. The first-order chi connectivity index (χ1) is 10.7.